The van der Waals surface area contributed by atoms with E-state index in [9.17, 15) is 18.7 Å². The van der Waals surface area contributed by atoms with E-state index in [-0.39, 0.29) is 30.1 Å². The van der Waals surface area contributed by atoms with Crippen LogP contribution in [0.25, 0.3) is 22.5 Å². The van der Waals surface area contributed by atoms with Crippen LogP contribution in [0.5, 0.6) is 0 Å². The van der Waals surface area contributed by atoms with E-state index in [1.54, 1.807) is 24.3 Å². The van der Waals surface area contributed by atoms with Crippen LogP contribution in [0.2, 0.25) is 0 Å². The van der Waals surface area contributed by atoms with Gasteiger partial charge in [0.15, 0.2) is 0 Å². The number of halogens is 2. The second kappa shape index (κ2) is 9.06. The van der Waals surface area contributed by atoms with Crippen molar-refractivity contribution in [1.29, 1.82) is 0 Å². The molecule has 1 aliphatic heterocycles. The number of hydrogen-bond acceptors (Lipinski definition) is 4. The first kappa shape index (κ1) is 21.8. The predicted octanol–water partition coefficient (Wildman–Crippen LogP) is 5.22. The average molecular weight is 453 g/mol. The number of hydrogen-bond donors (Lipinski definition) is 1. The third-order valence-electron chi connectivity index (χ3n) is 6.61. The van der Waals surface area contributed by atoms with Crippen molar-refractivity contribution in [1.82, 2.24) is 9.55 Å². The summed E-state index contributed by atoms with van der Waals surface area (Å²) in [6, 6.07) is 12.5. The van der Waals surface area contributed by atoms with E-state index in [0.29, 0.717) is 25.3 Å². The molecule has 1 aliphatic carbocycles. The zero-order valence-electron chi connectivity index (χ0n) is 18.2. The molecule has 1 saturated carbocycles. The van der Waals surface area contributed by atoms with Crippen molar-refractivity contribution in [3.05, 3.63) is 66.0 Å². The zero-order valence-corrected chi connectivity index (χ0v) is 18.2. The third-order valence-corrected chi connectivity index (χ3v) is 6.61. The number of aromatic nitrogens is 2. The highest BCUT2D eigenvalue weighted by atomic mass is 19.1. The van der Waals surface area contributed by atoms with E-state index in [2.05, 4.69) is 4.57 Å². The van der Waals surface area contributed by atoms with Gasteiger partial charge < -0.3 is 14.4 Å². The first-order valence-corrected chi connectivity index (χ1v) is 11.5. The maximum Gasteiger partial charge on any atom is 0.308 e. The summed E-state index contributed by atoms with van der Waals surface area (Å²) in [7, 11) is 0. The Labute approximate surface area is 191 Å². The third kappa shape index (κ3) is 4.55. The lowest BCUT2D eigenvalue weighted by Gasteiger charge is -2.28. The fraction of sp³-hybridized carbons (Fsp3) is 0.385. The van der Waals surface area contributed by atoms with Crippen LogP contribution in [-0.4, -0.2) is 32.8 Å². The number of nitrogens with zero attached hydrogens (tertiary/aromatic N) is 2. The molecule has 33 heavy (non-hydrogen) atoms. The van der Waals surface area contributed by atoms with Crippen LogP contribution in [0.1, 0.15) is 50.3 Å². The molecule has 172 valence electrons. The number of aliphatic hydroxyl groups is 1. The van der Waals surface area contributed by atoms with E-state index in [1.165, 1.54) is 24.3 Å². The van der Waals surface area contributed by atoms with Crippen molar-refractivity contribution in [3.8, 4) is 22.5 Å². The highest BCUT2D eigenvalue weighted by Gasteiger charge is 2.31. The monoisotopic (exact) mass is 452 g/mol. The van der Waals surface area contributed by atoms with E-state index in [0.717, 1.165) is 47.6 Å². The molecule has 2 heterocycles. The minimum absolute atomic E-state index is 0.0322. The van der Waals surface area contributed by atoms with Gasteiger partial charge in [0.1, 0.15) is 23.6 Å². The van der Waals surface area contributed by atoms with E-state index >= 15 is 0 Å². The summed E-state index contributed by atoms with van der Waals surface area (Å²) in [6.45, 7) is 0.539. The van der Waals surface area contributed by atoms with E-state index in [4.69, 9.17) is 9.72 Å². The molecule has 2 aliphatic rings. The number of carbonyl (C=O) groups excluding carboxylic acids is 1. The quantitative estimate of drug-likeness (QED) is 0.521. The highest BCUT2D eigenvalue weighted by molar-refractivity contribution is 5.79. The molecule has 0 spiro atoms. The molecule has 1 saturated heterocycles. The average Bonchev–Trinajstić information content (AvgIpc) is 3.10. The van der Waals surface area contributed by atoms with Crippen molar-refractivity contribution in [2.24, 2.45) is 0 Å². The number of ether oxygens (including phenoxy) is 1. The van der Waals surface area contributed by atoms with Crippen molar-refractivity contribution >= 4 is 5.97 Å². The van der Waals surface area contributed by atoms with Crippen molar-refractivity contribution in [3.63, 3.8) is 0 Å². The molecule has 0 radical (unpaired) electrons. The summed E-state index contributed by atoms with van der Waals surface area (Å²) in [5.74, 6) is 0.240. The Morgan fingerprint density at radius 2 is 1.64 bits per heavy atom. The smallest absolute Gasteiger partial charge is 0.308 e. The molecule has 2 aromatic carbocycles. The fourth-order valence-corrected chi connectivity index (χ4v) is 4.70. The fourth-order valence-electron chi connectivity index (χ4n) is 4.70. The molecule has 0 amide bonds. The first-order valence-electron chi connectivity index (χ1n) is 11.5. The van der Waals surface area contributed by atoms with Gasteiger partial charge in [-0.1, -0.05) is 6.42 Å². The van der Waals surface area contributed by atoms with Gasteiger partial charge >= 0.3 is 5.97 Å². The van der Waals surface area contributed by atoms with Crippen LogP contribution in [0.15, 0.2) is 48.5 Å². The molecular formula is C26H26F2N2O3. The number of esters is 1. The van der Waals surface area contributed by atoms with Crippen LogP contribution in [0.3, 0.4) is 0 Å². The lowest BCUT2D eigenvalue weighted by molar-refractivity contribution is -0.160. The molecule has 1 aromatic heterocycles. The molecule has 2 fully saturated rings. The second-order valence-electron chi connectivity index (χ2n) is 8.95. The van der Waals surface area contributed by atoms with Gasteiger partial charge in [-0.05, 0) is 61.4 Å². The highest BCUT2D eigenvalue weighted by Crippen LogP contribution is 2.41. The number of rotatable bonds is 6. The van der Waals surface area contributed by atoms with Gasteiger partial charge in [0.05, 0.1) is 23.9 Å². The molecule has 5 rings (SSSR count). The Morgan fingerprint density at radius 3 is 2.21 bits per heavy atom. The van der Waals surface area contributed by atoms with Gasteiger partial charge in [0.2, 0.25) is 0 Å². The molecule has 0 unspecified atom stereocenters. The van der Waals surface area contributed by atoms with Gasteiger partial charge in [0.25, 0.3) is 0 Å². The maximum atomic E-state index is 13.7. The van der Waals surface area contributed by atoms with Crippen molar-refractivity contribution in [2.45, 2.75) is 63.2 Å². The van der Waals surface area contributed by atoms with Crippen LogP contribution in [-0.2, 0) is 16.1 Å². The Kier molecular flexibility index (Phi) is 5.98. The minimum Gasteiger partial charge on any atom is -0.462 e. The summed E-state index contributed by atoms with van der Waals surface area (Å²) in [5.41, 5.74) is 3.17. The number of carbonyl (C=O) groups is 1. The summed E-state index contributed by atoms with van der Waals surface area (Å²) < 4.78 is 34.9. The van der Waals surface area contributed by atoms with E-state index < -0.39 is 6.10 Å². The second-order valence-corrected chi connectivity index (χ2v) is 8.95. The lowest BCUT2D eigenvalue weighted by Crippen LogP contribution is -2.33. The summed E-state index contributed by atoms with van der Waals surface area (Å²) in [5, 5.41) is 9.98. The maximum absolute atomic E-state index is 13.7. The van der Waals surface area contributed by atoms with Crippen molar-refractivity contribution in [2.75, 3.05) is 0 Å². The number of aliphatic hydroxyl groups excluding tert-OH is 1. The van der Waals surface area contributed by atoms with Gasteiger partial charge in [-0.3, -0.25) is 4.79 Å². The number of benzene rings is 2. The van der Waals surface area contributed by atoms with Crippen LogP contribution >= 0.6 is 0 Å². The van der Waals surface area contributed by atoms with Crippen LogP contribution in [0, 0.1) is 11.6 Å². The van der Waals surface area contributed by atoms with Crippen molar-refractivity contribution < 1.29 is 23.4 Å². The largest absolute Gasteiger partial charge is 0.462 e. The Bertz CT molecular complexity index is 1140. The van der Waals surface area contributed by atoms with Gasteiger partial charge in [0, 0.05) is 36.4 Å². The standard InChI is InChI=1S/C26H26F2N2O3/c27-19-8-4-16(5-9-19)24-25(17-6-10-20(28)11-7-17)30(26(29-24)18-2-1-3-18)13-12-22-14-21(31)15-23(32)33-22/h4-11,18,21-22,31H,1-3,12-15H2/t21-,22-/m0/s1. The Morgan fingerprint density at radius 1 is 1.00 bits per heavy atom. The molecule has 5 nitrogen and oxygen atoms in total. The summed E-state index contributed by atoms with van der Waals surface area (Å²) in [6.07, 6.45) is 3.15. The molecule has 3 aromatic rings. The molecule has 7 heteroatoms. The molecule has 0 bridgehead atoms. The number of imidazole rings is 1. The molecular weight excluding hydrogens is 426 g/mol. The van der Waals surface area contributed by atoms with Crippen LogP contribution in [0.4, 0.5) is 8.78 Å². The SMILES string of the molecule is O=C1C[C@@H](O)C[C@H](CCn2c(C3CCC3)nc(-c3ccc(F)cc3)c2-c2ccc(F)cc2)O1. The normalized spacial score (nSPS) is 21.0. The molecule has 2 atom stereocenters. The lowest BCUT2D eigenvalue weighted by atomic mass is 9.84. The predicted molar refractivity (Wildman–Crippen MR) is 119 cm³/mol. The van der Waals surface area contributed by atoms with Gasteiger partial charge in [-0.2, -0.15) is 0 Å². The topological polar surface area (TPSA) is 64.3 Å². The van der Waals surface area contributed by atoms with Gasteiger partial charge in [-0.25, -0.2) is 13.8 Å². The van der Waals surface area contributed by atoms with Crippen LogP contribution < -0.4 is 0 Å². The van der Waals surface area contributed by atoms with Gasteiger partial charge in [-0.15, -0.1) is 0 Å². The van der Waals surface area contributed by atoms with E-state index in [1.807, 2.05) is 0 Å². The molecule has 1 N–H and O–H groups in total. The minimum atomic E-state index is -0.684. The Hall–Kier alpha value is -3.06. The first-order chi connectivity index (χ1) is 16.0. The number of cyclic esters (lactones) is 1. The Balaban J connectivity index is 1.58. The summed E-state index contributed by atoms with van der Waals surface area (Å²) in [4.78, 5) is 16.8. The zero-order chi connectivity index (χ0) is 22.9. The summed E-state index contributed by atoms with van der Waals surface area (Å²) >= 11 is 0.